The molecule has 0 aromatic heterocycles. The molecule has 448 valence electrons. The van der Waals surface area contributed by atoms with Crippen LogP contribution in [0.25, 0.3) is 0 Å². The van der Waals surface area contributed by atoms with Crippen LogP contribution in [0.3, 0.4) is 0 Å². The minimum Gasteiger partial charge on any atom is -0.462 e. The molecule has 0 aliphatic carbocycles. The van der Waals surface area contributed by atoms with E-state index in [1.165, 1.54) is 50.2 Å². The first kappa shape index (κ1) is 66.0. The number of ether oxygens (including phenoxy) is 4. The van der Waals surface area contributed by atoms with Gasteiger partial charge in [-0.05, 0) is 104 Å². The molecule has 4 heterocycles. The van der Waals surface area contributed by atoms with E-state index in [0.29, 0.717) is 0 Å². The second-order valence-electron chi connectivity index (χ2n) is 19.6. The molecule has 2 saturated heterocycles. The Balaban J connectivity index is 0.000000238. The van der Waals surface area contributed by atoms with Gasteiger partial charge in [0.15, 0.2) is 35.4 Å². The van der Waals surface area contributed by atoms with E-state index in [-0.39, 0.29) is 41.2 Å². The SMILES string of the molecule is CC(C)OC(=O)[C@H](C)N[P@@](=O)(OC[C@H]1O[C@@H](N2C=CC(=O)CC2=O)[C@](C)(F)[C@@H]1O)Oc1ccccc1.CC(C)OC(=O)[C@H](C)N[P@](=O)(Oc1ccccc1)Oc1ccc([N+](=O)[O-])cc1.C[C@@]1(F)[C@H](O)[C@@H](CO)O[C@H]1N1C=CC(=O)CC1=O. The standard InChI is InChI=1S/C23H30FN2O9P.C18H21N2O7P.C11H14FNO5/c1-14(2)33-21(30)15(3)25-36(31,35-17-8-6-5-7-9-17)32-13-18-20(29)23(4,24)22(34-18)26-11-10-16(27)12-19(26)28;1-13(2)25-18(21)14(3)19-28(24,26-16-7-5-4-6-8-16)27-17-11-9-15(10-12-17)20(22)23;1-11(12)9(17)7(5-14)18-10(11)13-3-2-6(15)4-8(13)16/h5-11,14-15,18,20,22,29H,12-13H2,1-4H3,(H,25,31);4-14H,1-3H3,(H,19,24);2-3,7,9-10,14,17H,4-5H2,1H3/t15-,18+,20+,22+,23+,36+;14-,28-;7-,9-,10-,11-/m001/s1. The smallest absolute Gasteiger partial charge is 0.462 e. The van der Waals surface area contributed by atoms with E-state index in [2.05, 4.69) is 10.2 Å². The van der Waals surface area contributed by atoms with E-state index in [4.69, 9.17) is 42.1 Å². The zero-order valence-corrected chi connectivity index (χ0v) is 47.5. The highest BCUT2D eigenvalue weighted by Gasteiger charge is 2.59. The number of ketones is 2. The molecule has 2 amide bonds. The van der Waals surface area contributed by atoms with Gasteiger partial charge in [-0.3, -0.25) is 53.2 Å². The zero-order valence-electron chi connectivity index (χ0n) is 45.7. The number of amides is 2. The molecule has 0 bridgehead atoms. The molecule has 0 saturated carbocycles. The van der Waals surface area contributed by atoms with Gasteiger partial charge in [0.1, 0.15) is 53.7 Å². The Bertz CT molecular complexity index is 2900. The molecule has 0 unspecified atom stereocenters. The van der Waals surface area contributed by atoms with E-state index in [0.717, 1.165) is 48.2 Å². The predicted molar refractivity (Wildman–Crippen MR) is 283 cm³/mol. The molecule has 82 heavy (non-hydrogen) atoms. The molecule has 3 aromatic carbocycles. The Morgan fingerprint density at radius 2 is 1.05 bits per heavy atom. The van der Waals surface area contributed by atoms with E-state index >= 15 is 4.39 Å². The van der Waals surface area contributed by atoms with Crippen LogP contribution in [0.5, 0.6) is 17.2 Å². The van der Waals surface area contributed by atoms with Crippen molar-refractivity contribution in [1.82, 2.24) is 20.0 Å². The molecule has 2 fully saturated rings. The van der Waals surface area contributed by atoms with Gasteiger partial charge in [-0.15, -0.1) is 0 Å². The molecule has 0 radical (unpaired) electrons. The van der Waals surface area contributed by atoms with Crippen LogP contribution < -0.4 is 23.7 Å². The third kappa shape index (κ3) is 17.8. The summed E-state index contributed by atoms with van der Waals surface area (Å²) >= 11 is 0. The Morgan fingerprint density at radius 1 is 0.671 bits per heavy atom. The van der Waals surface area contributed by atoms with E-state index in [1.54, 1.807) is 76.2 Å². The Kier molecular flexibility index (Phi) is 22.9. The van der Waals surface area contributed by atoms with Gasteiger partial charge in [0.2, 0.25) is 11.8 Å². The zero-order chi connectivity index (χ0) is 60.9. The number of aliphatic hydroxyl groups is 3. The van der Waals surface area contributed by atoms with Crippen molar-refractivity contribution in [2.24, 2.45) is 0 Å². The second-order valence-corrected chi connectivity index (χ2v) is 22.9. The highest BCUT2D eigenvalue weighted by molar-refractivity contribution is 7.52. The lowest BCUT2D eigenvalue weighted by Gasteiger charge is -2.32. The molecule has 0 spiro atoms. The Hall–Kier alpha value is -6.84. The number of nitrogens with zero attached hydrogens (tertiary/aromatic N) is 3. The number of allylic oxidation sites excluding steroid dienone is 2. The Labute approximate surface area is 469 Å². The molecule has 5 N–H and O–H groups in total. The number of non-ortho nitro benzene ring substituents is 1. The summed E-state index contributed by atoms with van der Waals surface area (Å²) in [5.74, 6) is -2.94. The number of alkyl halides is 2. The van der Waals surface area contributed by atoms with Crippen LogP contribution in [-0.4, -0.2) is 151 Å². The first-order valence-electron chi connectivity index (χ1n) is 25.3. The number of para-hydroxylation sites is 2. The summed E-state index contributed by atoms with van der Waals surface area (Å²) in [5.41, 5.74) is -4.80. The third-order valence-corrected chi connectivity index (χ3v) is 15.2. The molecule has 12 atom stereocenters. The maximum absolute atomic E-state index is 15.5. The van der Waals surface area contributed by atoms with Crippen molar-refractivity contribution < 1.29 is 104 Å². The van der Waals surface area contributed by atoms with Crippen LogP contribution in [0.15, 0.2) is 109 Å². The topological polar surface area (TPSA) is 345 Å². The van der Waals surface area contributed by atoms with Gasteiger partial charge >= 0.3 is 27.4 Å². The number of aliphatic hydroxyl groups excluding tert-OH is 3. The maximum Gasteiger partial charge on any atom is 0.513 e. The largest absolute Gasteiger partial charge is 0.513 e. The van der Waals surface area contributed by atoms with Crippen molar-refractivity contribution in [2.45, 2.75) is 141 Å². The van der Waals surface area contributed by atoms with Crippen molar-refractivity contribution in [3.8, 4) is 17.2 Å². The first-order valence-corrected chi connectivity index (χ1v) is 28.4. The number of nitro benzene ring substituents is 1. The second kappa shape index (κ2) is 28.4. The molecule has 7 rings (SSSR count). The third-order valence-electron chi connectivity index (χ3n) is 11.9. The van der Waals surface area contributed by atoms with Crippen molar-refractivity contribution in [3.63, 3.8) is 0 Å². The lowest BCUT2D eigenvalue weighted by atomic mass is 9.97. The molecule has 4 aliphatic rings. The van der Waals surface area contributed by atoms with Gasteiger partial charge in [0, 0.05) is 24.5 Å². The summed E-state index contributed by atoms with van der Waals surface area (Å²) in [4.78, 5) is 82.7. The number of rotatable bonds is 21. The fraction of sp³-hybridized carbons (Fsp3) is 0.462. The summed E-state index contributed by atoms with van der Waals surface area (Å²) in [6, 6.07) is 19.2. The van der Waals surface area contributed by atoms with Gasteiger partial charge < -0.3 is 47.8 Å². The van der Waals surface area contributed by atoms with Crippen LogP contribution in [0, 0.1) is 10.1 Å². The fourth-order valence-electron chi connectivity index (χ4n) is 7.81. The summed E-state index contributed by atoms with van der Waals surface area (Å²) in [7, 11) is -8.37. The number of nitro groups is 1. The van der Waals surface area contributed by atoms with Crippen LogP contribution >= 0.6 is 15.5 Å². The minimum absolute atomic E-state index is 0.0711. The molecule has 30 heteroatoms. The number of carbonyl (C=O) groups is 6. The average molecular weight is 1200 g/mol. The first-order chi connectivity index (χ1) is 38.4. The number of carbonyl (C=O) groups excluding carboxylic acids is 6. The van der Waals surface area contributed by atoms with Gasteiger partial charge in [0.25, 0.3) is 5.69 Å². The predicted octanol–water partition coefficient (Wildman–Crippen LogP) is 5.45. The fourth-order valence-corrected chi connectivity index (χ4v) is 10.8. The lowest BCUT2D eigenvalue weighted by molar-refractivity contribution is -0.384. The quantitative estimate of drug-likeness (QED) is 0.0291. The van der Waals surface area contributed by atoms with E-state index in [9.17, 15) is 62.6 Å². The number of hydrogen-bond donors (Lipinski definition) is 5. The maximum atomic E-state index is 15.5. The van der Waals surface area contributed by atoms with Gasteiger partial charge in [-0.1, -0.05) is 36.4 Å². The van der Waals surface area contributed by atoms with Gasteiger partial charge in [-0.25, -0.2) is 17.9 Å². The van der Waals surface area contributed by atoms with Crippen LogP contribution in [0.1, 0.15) is 68.2 Å². The number of hydrogen-bond acceptors (Lipinski definition) is 21. The lowest BCUT2D eigenvalue weighted by Crippen LogP contribution is -2.51. The summed E-state index contributed by atoms with van der Waals surface area (Å²) < 4.78 is 99.5. The number of benzene rings is 3. The molecular formula is C52H65F2N5O21P2. The van der Waals surface area contributed by atoms with Crippen molar-refractivity contribution >= 4 is 56.5 Å². The Morgan fingerprint density at radius 3 is 1.43 bits per heavy atom. The molecule has 26 nitrogen and oxygen atoms in total. The summed E-state index contributed by atoms with van der Waals surface area (Å²) in [6.07, 6.45) is -5.75. The van der Waals surface area contributed by atoms with Crippen molar-refractivity contribution in [3.05, 3.63) is 120 Å². The normalized spacial score (nSPS) is 26.3. The molecule has 4 aliphatic heterocycles. The van der Waals surface area contributed by atoms with Crippen LogP contribution in [0.2, 0.25) is 0 Å². The van der Waals surface area contributed by atoms with Gasteiger partial charge in [-0.2, -0.15) is 10.2 Å². The monoisotopic (exact) mass is 1200 g/mol. The molecular weight excluding hydrogens is 1130 g/mol. The highest BCUT2D eigenvalue weighted by atomic mass is 31.2. The van der Waals surface area contributed by atoms with Crippen molar-refractivity contribution in [2.75, 3.05) is 13.2 Å². The van der Waals surface area contributed by atoms with E-state index in [1.807, 2.05) is 0 Å². The van der Waals surface area contributed by atoms with Crippen molar-refractivity contribution in [1.29, 1.82) is 0 Å². The highest BCUT2D eigenvalue weighted by Crippen LogP contribution is 2.48. The average Bonchev–Trinajstić information content (AvgIpc) is 4.00. The van der Waals surface area contributed by atoms with Gasteiger partial charge in [0.05, 0.1) is 43.2 Å². The van der Waals surface area contributed by atoms with E-state index < -0.39 is 136 Å². The summed E-state index contributed by atoms with van der Waals surface area (Å²) in [5, 5.41) is 45.0. The number of halogens is 2. The number of esters is 2. The number of nitrogens with one attached hydrogen (secondary N) is 2. The molecule has 3 aromatic rings. The summed E-state index contributed by atoms with van der Waals surface area (Å²) in [6.45, 7) is 10.5. The van der Waals surface area contributed by atoms with Crippen LogP contribution in [0.4, 0.5) is 14.5 Å². The minimum atomic E-state index is -4.29. The van der Waals surface area contributed by atoms with Crippen LogP contribution in [-0.2, 0) is 61.4 Å².